The van der Waals surface area contributed by atoms with E-state index in [0.717, 1.165) is 6.42 Å². The van der Waals surface area contributed by atoms with E-state index in [0.29, 0.717) is 6.54 Å². The van der Waals surface area contributed by atoms with Crippen LogP contribution in [0.15, 0.2) is 24.4 Å². The lowest BCUT2D eigenvalue weighted by Gasteiger charge is -2.07. The lowest BCUT2D eigenvalue weighted by molar-refractivity contribution is -0.121. The molecule has 0 aliphatic rings. The average molecular weight is 245 g/mol. The van der Waals surface area contributed by atoms with Crippen LogP contribution in [0.3, 0.4) is 0 Å². The molecule has 1 amide bonds. The van der Waals surface area contributed by atoms with Crippen molar-refractivity contribution in [2.45, 2.75) is 26.3 Å². The highest BCUT2D eigenvalue weighted by atomic mass is 16.2. The number of aryl methyl sites for hydroxylation is 1. The number of amides is 1. The first-order valence-corrected chi connectivity index (χ1v) is 6.18. The number of para-hydroxylation sites is 1. The summed E-state index contributed by atoms with van der Waals surface area (Å²) >= 11 is 0. The van der Waals surface area contributed by atoms with Gasteiger partial charge in [-0.25, -0.2) is 0 Å². The number of nitrogens with one attached hydrogen (secondary N) is 2. The van der Waals surface area contributed by atoms with E-state index >= 15 is 0 Å². The summed E-state index contributed by atoms with van der Waals surface area (Å²) in [6, 6.07) is 5.78. The molecule has 1 aromatic heterocycles. The highest BCUT2D eigenvalue weighted by molar-refractivity contribution is 5.86. The van der Waals surface area contributed by atoms with Crippen molar-refractivity contribution in [3.63, 3.8) is 0 Å². The van der Waals surface area contributed by atoms with Gasteiger partial charge in [-0.3, -0.25) is 4.79 Å². The zero-order chi connectivity index (χ0) is 13.1. The number of nitrogens with two attached hydrogens (primary N) is 1. The number of hydrogen-bond acceptors (Lipinski definition) is 2. The molecule has 1 aromatic carbocycles. The van der Waals surface area contributed by atoms with Gasteiger partial charge in [-0.05, 0) is 31.4 Å². The Morgan fingerprint density at radius 2 is 2.28 bits per heavy atom. The summed E-state index contributed by atoms with van der Waals surface area (Å²) in [6.45, 7) is 4.38. The molecule has 0 saturated heterocycles. The van der Waals surface area contributed by atoms with E-state index in [1.165, 1.54) is 22.0 Å². The third kappa shape index (κ3) is 2.54. The van der Waals surface area contributed by atoms with Gasteiger partial charge in [0.15, 0.2) is 0 Å². The average Bonchev–Trinajstić information content (AvgIpc) is 2.74. The molecule has 1 heterocycles. The van der Waals surface area contributed by atoms with E-state index in [2.05, 4.69) is 35.4 Å². The second-order valence-corrected chi connectivity index (χ2v) is 4.64. The number of rotatable bonds is 4. The summed E-state index contributed by atoms with van der Waals surface area (Å²) in [5.74, 6) is -0.106. The van der Waals surface area contributed by atoms with Gasteiger partial charge in [0.05, 0.1) is 6.04 Å². The number of H-pyrrole nitrogens is 1. The Bertz CT molecular complexity index is 557. The van der Waals surface area contributed by atoms with Crippen molar-refractivity contribution in [3.05, 3.63) is 35.5 Å². The molecule has 2 rings (SSSR count). The molecule has 0 aliphatic carbocycles. The van der Waals surface area contributed by atoms with E-state index in [-0.39, 0.29) is 5.91 Å². The minimum atomic E-state index is -0.449. The molecular formula is C14H19N3O. The summed E-state index contributed by atoms with van der Waals surface area (Å²) < 4.78 is 0. The van der Waals surface area contributed by atoms with Gasteiger partial charge in [-0.1, -0.05) is 18.2 Å². The Balaban J connectivity index is 2.05. The van der Waals surface area contributed by atoms with Crippen molar-refractivity contribution in [2.75, 3.05) is 6.54 Å². The highest BCUT2D eigenvalue weighted by Gasteiger charge is 2.08. The maximum Gasteiger partial charge on any atom is 0.236 e. The normalized spacial score (nSPS) is 12.6. The van der Waals surface area contributed by atoms with Crippen molar-refractivity contribution >= 4 is 16.8 Å². The van der Waals surface area contributed by atoms with E-state index < -0.39 is 6.04 Å². The number of aromatic nitrogens is 1. The number of fused-ring (bicyclic) bond motifs is 1. The number of carbonyl (C=O) groups is 1. The smallest absolute Gasteiger partial charge is 0.236 e. The molecule has 4 nitrogen and oxygen atoms in total. The summed E-state index contributed by atoms with van der Waals surface area (Å²) in [5.41, 5.74) is 9.12. The van der Waals surface area contributed by atoms with Crippen LogP contribution in [-0.2, 0) is 11.2 Å². The summed E-state index contributed by atoms with van der Waals surface area (Å²) in [5, 5.41) is 4.05. The maximum atomic E-state index is 11.3. The fourth-order valence-corrected chi connectivity index (χ4v) is 2.05. The molecule has 1 atom stereocenters. The Morgan fingerprint density at radius 3 is 3.00 bits per heavy atom. The first-order valence-electron chi connectivity index (χ1n) is 6.18. The van der Waals surface area contributed by atoms with Crippen LogP contribution < -0.4 is 11.1 Å². The van der Waals surface area contributed by atoms with Crippen molar-refractivity contribution in [1.82, 2.24) is 10.3 Å². The van der Waals surface area contributed by atoms with Gasteiger partial charge in [-0.2, -0.15) is 0 Å². The monoisotopic (exact) mass is 245 g/mol. The standard InChI is InChI=1S/C14H19N3O/c1-9-4-3-5-12-11(8-17-13(9)12)6-7-16-14(18)10(2)15/h3-5,8,10,17H,6-7,15H2,1-2H3,(H,16,18)/t10-/m1/s1. The summed E-state index contributed by atoms with van der Waals surface area (Å²) in [4.78, 5) is 14.6. The van der Waals surface area contributed by atoms with Crippen LogP contribution in [-0.4, -0.2) is 23.5 Å². The van der Waals surface area contributed by atoms with E-state index in [1.54, 1.807) is 6.92 Å². The minimum Gasteiger partial charge on any atom is -0.361 e. The molecule has 0 spiro atoms. The zero-order valence-electron chi connectivity index (χ0n) is 10.8. The van der Waals surface area contributed by atoms with Crippen molar-refractivity contribution in [1.29, 1.82) is 0 Å². The van der Waals surface area contributed by atoms with Crippen LogP contribution in [0.5, 0.6) is 0 Å². The second-order valence-electron chi connectivity index (χ2n) is 4.64. The largest absolute Gasteiger partial charge is 0.361 e. The van der Waals surface area contributed by atoms with E-state index in [9.17, 15) is 4.79 Å². The second kappa shape index (κ2) is 5.23. The van der Waals surface area contributed by atoms with Crippen LogP contribution in [0.25, 0.3) is 10.9 Å². The van der Waals surface area contributed by atoms with Gasteiger partial charge in [0.1, 0.15) is 0 Å². The highest BCUT2D eigenvalue weighted by Crippen LogP contribution is 2.21. The lowest BCUT2D eigenvalue weighted by Crippen LogP contribution is -2.39. The maximum absolute atomic E-state index is 11.3. The van der Waals surface area contributed by atoms with Crippen LogP contribution >= 0.6 is 0 Å². The van der Waals surface area contributed by atoms with Crippen LogP contribution in [0.2, 0.25) is 0 Å². The van der Waals surface area contributed by atoms with E-state index in [1.807, 2.05) is 6.20 Å². The fourth-order valence-electron chi connectivity index (χ4n) is 2.05. The Labute approximate surface area is 107 Å². The molecule has 2 aromatic rings. The molecule has 0 aliphatic heterocycles. The molecule has 18 heavy (non-hydrogen) atoms. The van der Waals surface area contributed by atoms with Crippen molar-refractivity contribution in [3.8, 4) is 0 Å². The Hall–Kier alpha value is -1.81. The minimum absolute atomic E-state index is 0.106. The fraction of sp³-hybridized carbons (Fsp3) is 0.357. The van der Waals surface area contributed by atoms with Gasteiger partial charge in [0, 0.05) is 23.6 Å². The lowest BCUT2D eigenvalue weighted by atomic mass is 10.1. The third-order valence-corrected chi connectivity index (χ3v) is 3.12. The molecule has 0 fully saturated rings. The molecule has 0 unspecified atom stereocenters. The summed E-state index contributed by atoms with van der Waals surface area (Å²) in [7, 11) is 0. The molecule has 0 saturated carbocycles. The summed E-state index contributed by atoms with van der Waals surface area (Å²) in [6.07, 6.45) is 2.82. The number of aromatic amines is 1. The Morgan fingerprint density at radius 1 is 1.50 bits per heavy atom. The van der Waals surface area contributed by atoms with Gasteiger partial charge in [0.2, 0.25) is 5.91 Å². The van der Waals surface area contributed by atoms with Crippen molar-refractivity contribution in [2.24, 2.45) is 5.73 Å². The zero-order valence-corrected chi connectivity index (χ0v) is 10.8. The molecule has 4 heteroatoms. The van der Waals surface area contributed by atoms with Crippen LogP contribution in [0.4, 0.5) is 0 Å². The van der Waals surface area contributed by atoms with Gasteiger partial charge >= 0.3 is 0 Å². The predicted molar refractivity (Wildman–Crippen MR) is 73.4 cm³/mol. The van der Waals surface area contributed by atoms with Crippen LogP contribution in [0, 0.1) is 6.92 Å². The van der Waals surface area contributed by atoms with Crippen LogP contribution in [0.1, 0.15) is 18.1 Å². The molecule has 0 radical (unpaired) electrons. The molecule has 4 N–H and O–H groups in total. The quantitative estimate of drug-likeness (QED) is 0.763. The Kier molecular flexibility index (Phi) is 3.67. The third-order valence-electron chi connectivity index (χ3n) is 3.12. The number of hydrogen-bond donors (Lipinski definition) is 3. The first kappa shape index (κ1) is 12.6. The van der Waals surface area contributed by atoms with Gasteiger partial charge in [-0.15, -0.1) is 0 Å². The topological polar surface area (TPSA) is 70.9 Å². The number of carbonyl (C=O) groups excluding carboxylic acids is 1. The molecule has 0 bridgehead atoms. The van der Waals surface area contributed by atoms with Crippen molar-refractivity contribution < 1.29 is 4.79 Å². The first-order chi connectivity index (χ1) is 8.59. The van der Waals surface area contributed by atoms with Gasteiger partial charge < -0.3 is 16.0 Å². The molecule has 96 valence electrons. The van der Waals surface area contributed by atoms with Gasteiger partial charge in [0.25, 0.3) is 0 Å². The number of benzene rings is 1. The van der Waals surface area contributed by atoms with E-state index in [4.69, 9.17) is 5.73 Å². The molecular weight excluding hydrogens is 226 g/mol. The SMILES string of the molecule is Cc1cccc2c(CCNC(=O)[C@@H](C)N)c[nH]c12. The predicted octanol–water partition coefficient (Wildman–Crippen LogP) is 1.48.